The Balaban J connectivity index is 2.42. The van der Waals surface area contributed by atoms with Crippen molar-refractivity contribution in [3.05, 3.63) is 23.7 Å². The summed E-state index contributed by atoms with van der Waals surface area (Å²) in [7, 11) is 3.41. The lowest BCUT2D eigenvalue weighted by Gasteiger charge is -2.13. The van der Waals surface area contributed by atoms with E-state index in [9.17, 15) is 9.59 Å². The van der Waals surface area contributed by atoms with Crippen LogP contribution in [0.5, 0.6) is 0 Å². The Morgan fingerprint density at radius 3 is 2.61 bits per heavy atom. The van der Waals surface area contributed by atoms with Crippen molar-refractivity contribution >= 4 is 11.9 Å². The second-order valence-corrected chi connectivity index (χ2v) is 4.22. The Bertz CT molecular complexity index is 425. The molecule has 6 nitrogen and oxygen atoms in total. The minimum Gasteiger partial charge on any atom is -0.475 e. The summed E-state index contributed by atoms with van der Waals surface area (Å²) in [5.74, 6) is -0.579. The number of hydrogen-bond donors (Lipinski definition) is 2. The number of nitrogens with zero attached hydrogens (tertiary/aromatic N) is 1. The van der Waals surface area contributed by atoms with Gasteiger partial charge in [0.15, 0.2) is 0 Å². The van der Waals surface area contributed by atoms with Crippen molar-refractivity contribution in [1.82, 2.24) is 10.2 Å². The van der Waals surface area contributed by atoms with Crippen LogP contribution in [0.3, 0.4) is 0 Å². The van der Waals surface area contributed by atoms with Crippen molar-refractivity contribution < 1.29 is 19.1 Å². The number of carboxylic acids is 1. The molecule has 1 atom stereocenters. The predicted octanol–water partition coefficient (Wildman–Crippen LogP) is 1.11. The molecule has 1 rings (SSSR count). The van der Waals surface area contributed by atoms with Crippen LogP contribution < -0.4 is 5.32 Å². The van der Waals surface area contributed by atoms with Crippen molar-refractivity contribution in [1.29, 1.82) is 0 Å². The molecule has 0 aliphatic heterocycles. The molecule has 1 amide bonds. The summed E-state index contributed by atoms with van der Waals surface area (Å²) in [6.45, 7) is 2.37. The Kier molecular flexibility index (Phi) is 4.91. The maximum absolute atomic E-state index is 11.3. The smallest absolute Gasteiger partial charge is 0.371 e. The summed E-state index contributed by atoms with van der Waals surface area (Å²) in [6, 6.07) is 2.91. The first kappa shape index (κ1) is 14.2. The molecule has 1 aromatic heterocycles. The zero-order valence-electron chi connectivity index (χ0n) is 10.8. The van der Waals surface area contributed by atoms with E-state index in [2.05, 4.69) is 5.32 Å². The van der Waals surface area contributed by atoms with Crippen LogP contribution in [0, 0.1) is 0 Å². The van der Waals surface area contributed by atoms with Gasteiger partial charge >= 0.3 is 5.97 Å². The second-order valence-electron chi connectivity index (χ2n) is 4.22. The van der Waals surface area contributed by atoms with Gasteiger partial charge in [-0.15, -0.1) is 0 Å². The van der Waals surface area contributed by atoms with E-state index in [0.717, 1.165) is 0 Å². The van der Waals surface area contributed by atoms with Gasteiger partial charge in [-0.05, 0) is 19.1 Å². The van der Waals surface area contributed by atoms with Gasteiger partial charge in [-0.1, -0.05) is 0 Å². The summed E-state index contributed by atoms with van der Waals surface area (Å²) >= 11 is 0. The Labute approximate surface area is 106 Å². The number of carbonyl (C=O) groups is 2. The van der Waals surface area contributed by atoms with Crippen LogP contribution in [0.1, 0.15) is 35.7 Å². The number of hydrogen-bond acceptors (Lipinski definition) is 4. The maximum Gasteiger partial charge on any atom is 0.371 e. The average molecular weight is 254 g/mol. The van der Waals surface area contributed by atoms with Crippen LogP contribution in [-0.2, 0) is 4.79 Å². The lowest BCUT2D eigenvalue weighted by molar-refractivity contribution is -0.128. The van der Waals surface area contributed by atoms with Crippen molar-refractivity contribution in [3.63, 3.8) is 0 Å². The highest BCUT2D eigenvalue weighted by Crippen LogP contribution is 2.16. The van der Waals surface area contributed by atoms with Gasteiger partial charge in [-0.25, -0.2) is 4.79 Å². The summed E-state index contributed by atoms with van der Waals surface area (Å²) in [5, 5.41) is 11.8. The van der Waals surface area contributed by atoms with Gasteiger partial charge in [0.05, 0.1) is 6.04 Å². The highest BCUT2D eigenvalue weighted by molar-refractivity contribution is 5.84. The molecule has 0 aliphatic carbocycles. The molecule has 0 spiro atoms. The third-order valence-corrected chi connectivity index (χ3v) is 2.55. The molecular formula is C12H18N2O4. The van der Waals surface area contributed by atoms with E-state index >= 15 is 0 Å². The highest BCUT2D eigenvalue weighted by Gasteiger charge is 2.14. The van der Waals surface area contributed by atoms with Gasteiger partial charge in [-0.3, -0.25) is 4.79 Å². The SMILES string of the molecule is CC(NCCC(=O)N(C)C)c1ccc(C(=O)O)o1. The number of furan rings is 1. The third-order valence-electron chi connectivity index (χ3n) is 2.55. The fourth-order valence-electron chi connectivity index (χ4n) is 1.42. The summed E-state index contributed by atoms with van der Waals surface area (Å²) in [4.78, 5) is 23.5. The molecule has 18 heavy (non-hydrogen) atoms. The first-order valence-corrected chi connectivity index (χ1v) is 5.68. The van der Waals surface area contributed by atoms with Crippen molar-refractivity contribution in [2.45, 2.75) is 19.4 Å². The van der Waals surface area contributed by atoms with Gasteiger partial charge in [0, 0.05) is 27.1 Å². The highest BCUT2D eigenvalue weighted by atomic mass is 16.4. The summed E-state index contributed by atoms with van der Waals surface area (Å²) in [6.07, 6.45) is 0.393. The lowest BCUT2D eigenvalue weighted by atomic mass is 10.2. The van der Waals surface area contributed by atoms with Crippen molar-refractivity contribution in [3.8, 4) is 0 Å². The molecule has 0 aromatic carbocycles. The van der Waals surface area contributed by atoms with Gasteiger partial charge in [0.2, 0.25) is 11.7 Å². The second kappa shape index (κ2) is 6.20. The van der Waals surface area contributed by atoms with E-state index in [4.69, 9.17) is 9.52 Å². The molecule has 0 radical (unpaired) electrons. The van der Waals surface area contributed by atoms with Gasteiger partial charge in [-0.2, -0.15) is 0 Å². The summed E-state index contributed by atoms with van der Waals surface area (Å²) in [5.41, 5.74) is 0. The van der Waals surface area contributed by atoms with E-state index in [1.165, 1.54) is 11.0 Å². The predicted molar refractivity (Wildman–Crippen MR) is 65.4 cm³/mol. The van der Waals surface area contributed by atoms with Crippen LogP contribution in [-0.4, -0.2) is 42.5 Å². The standard InChI is InChI=1S/C12H18N2O4/c1-8(13-7-6-11(15)14(2)3)9-4-5-10(18-9)12(16)17/h4-5,8,13H,6-7H2,1-3H3,(H,16,17). The molecule has 2 N–H and O–H groups in total. The molecule has 1 aromatic rings. The number of carbonyl (C=O) groups excluding carboxylic acids is 1. The minimum absolute atomic E-state index is 0.0420. The molecular weight excluding hydrogens is 236 g/mol. The molecule has 0 saturated heterocycles. The Morgan fingerprint density at radius 1 is 1.44 bits per heavy atom. The minimum atomic E-state index is -1.09. The zero-order chi connectivity index (χ0) is 13.7. The number of nitrogens with one attached hydrogen (secondary N) is 1. The lowest BCUT2D eigenvalue weighted by Crippen LogP contribution is -2.27. The molecule has 0 bridgehead atoms. The number of rotatable bonds is 6. The Morgan fingerprint density at radius 2 is 2.11 bits per heavy atom. The van der Waals surface area contributed by atoms with Crippen molar-refractivity contribution in [2.24, 2.45) is 0 Å². The molecule has 1 heterocycles. The van der Waals surface area contributed by atoms with Crippen LogP contribution in [0.25, 0.3) is 0 Å². The maximum atomic E-state index is 11.3. The van der Waals surface area contributed by atoms with Crippen LogP contribution in [0.4, 0.5) is 0 Å². The number of amides is 1. The molecule has 100 valence electrons. The van der Waals surface area contributed by atoms with E-state index in [-0.39, 0.29) is 17.7 Å². The van der Waals surface area contributed by atoms with Crippen LogP contribution in [0.15, 0.2) is 16.5 Å². The quantitative estimate of drug-likeness (QED) is 0.794. The first-order valence-electron chi connectivity index (χ1n) is 5.68. The topological polar surface area (TPSA) is 82.8 Å². The third kappa shape index (κ3) is 3.89. The zero-order valence-corrected chi connectivity index (χ0v) is 10.8. The summed E-state index contributed by atoms with van der Waals surface area (Å²) < 4.78 is 5.15. The molecule has 0 aliphatic rings. The molecule has 1 unspecified atom stereocenters. The number of carboxylic acid groups (broad SMARTS) is 1. The largest absolute Gasteiger partial charge is 0.475 e. The van der Waals surface area contributed by atoms with E-state index in [0.29, 0.717) is 18.7 Å². The van der Waals surface area contributed by atoms with Crippen LogP contribution in [0.2, 0.25) is 0 Å². The van der Waals surface area contributed by atoms with E-state index in [1.54, 1.807) is 20.2 Å². The first-order chi connectivity index (χ1) is 8.41. The normalized spacial score (nSPS) is 12.2. The fourth-order valence-corrected chi connectivity index (χ4v) is 1.42. The van der Waals surface area contributed by atoms with Gasteiger partial charge in [0.1, 0.15) is 5.76 Å². The molecule has 6 heteroatoms. The Hall–Kier alpha value is -1.82. The van der Waals surface area contributed by atoms with Gasteiger partial charge < -0.3 is 19.7 Å². The van der Waals surface area contributed by atoms with Crippen molar-refractivity contribution in [2.75, 3.05) is 20.6 Å². The van der Waals surface area contributed by atoms with E-state index < -0.39 is 5.97 Å². The molecule has 0 fully saturated rings. The fraction of sp³-hybridized carbons (Fsp3) is 0.500. The van der Waals surface area contributed by atoms with Gasteiger partial charge in [0.25, 0.3) is 0 Å². The van der Waals surface area contributed by atoms with E-state index in [1.807, 2.05) is 6.92 Å². The molecule has 0 saturated carbocycles. The average Bonchev–Trinajstić information content (AvgIpc) is 2.77. The monoisotopic (exact) mass is 254 g/mol. The number of aromatic carboxylic acids is 1. The van der Waals surface area contributed by atoms with Crippen LogP contribution >= 0.6 is 0 Å².